The predicted molar refractivity (Wildman–Crippen MR) is 81.8 cm³/mol. The molecule has 0 unspecified atom stereocenters. The van der Waals surface area contributed by atoms with E-state index in [0.717, 1.165) is 30.4 Å². The highest BCUT2D eigenvalue weighted by Gasteiger charge is 2.38. The molecular weight excluding hydrogens is 318 g/mol. The zero-order valence-electron chi connectivity index (χ0n) is 11.6. The third-order valence-electron chi connectivity index (χ3n) is 4.97. The second-order valence-corrected chi connectivity index (χ2v) is 7.08. The molecule has 1 saturated carbocycles. The maximum atomic E-state index is 12.5. The largest absolute Gasteiger partial charge is 0.507 e. The number of hydrogen-bond acceptors (Lipinski definition) is 2. The Bertz CT molecular complexity index is 513. The van der Waals surface area contributed by atoms with Crippen molar-refractivity contribution in [2.24, 2.45) is 5.41 Å². The van der Waals surface area contributed by atoms with E-state index < -0.39 is 0 Å². The standard InChI is InChI=1S/C16H20BrNO2/c17-12-3-4-13(14(19)11-12)15(20)18-9-7-16(8-10-18)5-1-2-6-16/h3-4,11,19H,1-2,5-10H2. The molecule has 1 aliphatic heterocycles. The predicted octanol–water partition coefficient (Wildman–Crippen LogP) is 3.95. The first-order chi connectivity index (χ1) is 9.60. The van der Waals surface area contributed by atoms with Crippen molar-refractivity contribution in [3.05, 3.63) is 28.2 Å². The van der Waals surface area contributed by atoms with E-state index in [0.29, 0.717) is 11.0 Å². The van der Waals surface area contributed by atoms with Crippen molar-refractivity contribution in [3.63, 3.8) is 0 Å². The van der Waals surface area contributed by atoms with Gasteiger partial charge in [-0.15, -0.1) is 0 Å². The van der Waals surface area contributed by atoms with Crippen LogP contribution < -0.4 is 0 Å². The third-order valence-corrected chi connectivity index (χ3v) is 5.46. The molecular formula is C16H20BrNO2. The lowest BCUT2D eigenvalue weighted by molar-refractivity contribution is 0.0585. The van der Waals surface area contributed by atoms with Gasteiger partial charge in [0, 0.05) is 17.6 Å². The molecule has 4 heteroatoms. The summed E-state index contributed by atoms with van der Waals surface area (Å²) in [4.78, 5) is 14.4. The van der Waals surface area contributed by atoms with Gasteiger partial charge >= 0.3 is 0 Å². The minimum Gasteiger partial charge on any atom is -0.507 e. The third kappa shape index (κ3) is 2.58. The maximum Gasteiger partial charge on any atom is 0.257 e. The van der Waals surface area contributed by atoms with Crippen molar-refractivity contribution >= 4 is 21.8 Å². The van der Waals surface area contributed by atoms with Crippen molar-refractivity contribution in [1.29, 1.82) is 0 Å². The summed E-state index contributed by atoms with van der Waals surface area (Å²) < 4.78 is 0.787. The lowest BCUT2D eigenvalue weighted by Gasteiger charge is -2.39. The Morgan fingerprint density at radius 1 is 1.15 bits per heavy atom. The monoisotopic (exact) mass is 337 g/mol. The van der Waals surface area contributed by atoms with Gasteiger partial charge in [-0.3, -0.25) is 4.79 Å². The summed E-state index contributed by atoms with van der Waals surface area (Å²) in [5, 5.41) is 9.92. The molecule has 1 spiro atoms. The van der Waals surface area contributed by atoms with Crippen LogP contribution in [-0.2, 0) is 0 Å². The lowest BCUT2D eigenvalue weighted by Crippen LogP contribution is -2.42. The summed E-state index contributed by atoms with van der Waals surface area (Å²) in [6.45, 7) is 1.66. The molecule has 3 nitrogen and oxygen atoms in total. The van der Waals surface area contributed by atoms with Crippen molar-refractivity contribution in [2.45, 2.75) is 38.5 Å². The number of aromatic hydroxyl groups is 1. The van der Waals surface area contributed by atoms with Gasteiger partial charge in [-0.05, 0) is 49.3 Å². The topological polar surface area (TPSA) is 40.5 Å². The van der Waals surface area contributed by atoms with Crippen LogP contribution in [0.1, 0.15) is 48.9 Å². The summed E-state index contributed by atoms with van der Waals surface area (Å²) >= 11 is 3.30. The number of halogens is 1. The Morgan fingerprint density at radius 2 is 1.80 bits per heavy atom. The molecule has 3 rings (SSSR count). The van der Waals surface area contributed by atoms with E-state index in [9.17, 15) is 9.90 Å². The molecule has 0 aromatic heterocycles. The van der Waals surface area contributed by atoms with Crippen LogP contribution in [-0.4, -0.2) is 29.0 Å². The molecule has 1 aromatic carbocycles. The van der Waals surface area contributed by atoms with Gasteiger partial charge in [0.2, 0.25) is 0 Å². The molecule has 1 saturated heterocycles. The molecule has 0 bridgehead atoms. The number of phenols is 1. The summed E-state index contributed by atoms with van der Waals surface area (Å²) in [5.74, 6) is 0.0216. The molecule has 0 atom stereocenters. The quantitative estimate of drug-likeness (QED) is 0.842. The first-order valence-corrected chi connectivity index (χ1v) is 8.17. The molecule has 0 radical (unpaired) electrons. The molecule has 1 amide bonds. The number of phenolic OH excluding ortho intramolecular Hbond substituents is 1. The molecule has 1 heterocycles. The van der Waals surface area contributed by atoms with Gasteiger partial charge in [0.25, 0.3) is 5.91 Å². The second-order valence-electron chi connectivity index (χ2n) is 6.16. The van der Waals surface area contributed by atoms with Gasteiger partial charge < -0.3 is 10.0 Å². The smallest absolute Gasteiger partial charge is 0.257 e. The summed E-state index contributed by atoms with van der Waals surface area (Å²) in [7, 11) is 0. The minimum atomic E-state index is -0.0390. The van der Waals surface area contributed by atoms with E-state index in [2.05, 4.69) is 15.9 Å². The van der Waals surface area contributed by atoms with Crippen molar-refractivity contribution in [1.82, 2.24) is 4.90 Å². The Labute approximate surface area is 128 Å². The van der Waals surface area contributed by atoms with Crippen LogP contribution in [0.3, 0.4) is 0 Å². The lowest BCUT2D eigenvalue weighted by atomic mass is 9.77. The van der Waals surface area contributed by atoms with E-state index >= 15 is 0 Å². The normalized spacial score (nSPS) is 21.4. The van der Waals surface area contributed by atoms with Crippen molar-refractivity contribution < 1.29 is 9.90 Å². The first-order valence-electron chi connectivity index (χ1n) is 7.38. The Hall–Kier alpha value is -1.03. The highest BCUT2D eigenvalue weighted by molar-refractivity contribution is 9.10. The number of carbonyl (C=O) groups excluding carboxylic acids is 1. The van der Waals surface area contributed by atoms with Crippen molar-refractivity contribution in [3.8, 4) is 5.75 Å². The number of piperidine rings is 1. The average molecular weight is 338 g/mol. The number of likely N-dealkylation sites (tertiary alicyclic amines) is 1. The van der Waals surface area contributed by atoms with Gasteiger partial charge in [0.05, 0.1) is 5.56 Å². The van der Waals surface area contributed by atoms with Gasteiger partial charge in [-0.1, -0.05) is 28.8 Å². The van der Waals surface area contributed by atoms with Crippen LogP contribution in [0.4, 0.5) is 0 Å². The fraction of sp³-hybridized carbons (Fsp3) is 0.562. The molecule has 2 fully saturated rings. The van der Waals surface area contributed by atoms with E-state index in [1.54, 1.807) is 18.2 Å². The summed E-state index contributed by atoms with van der Waals surface area (Å²) in [5.41, 5.74) is 0.925. The van der Waals surface area contributed by atoms with Crippen LogP contribution in [0.15, 0.2) is 22.7 Å². The SMILES string of the molecule is O=C(c1ccc(Br)cc1O)N1CCC2(CCCC2)CC1. The molecule has 1 N–H and O–H groups in total. The summed E-state index contributed by atoms with van der Waals surface area (Å²) in [6, 6.07) is 5.08. The molecule has 2 aliphatic rings. The number of rotatable bonds is 1. The fourth-order valence-corrected chi connectivity index (χ4v) is 4.01. The van der Waals surface area contributed by atoms with Crippen LogP contribution in [0.25, 0.3) is 0 Å². The second kappa shape index (κ2) is 5.40. The highest BCUT2D eigenvalue weighted by Crippen LogP contribution is 2.46. The number of carbonyl (C=O) groups is 1. The zero-order chi connectivity index (χ0) is 14.2. The number of amides is 1. The van der Waals surface area contributed by atoms with E-state index in [1.807, 2.05) is 4.90 Å². The zero-order valence-corrected chi connectivity index (χ0v) is 13.2. The van der Waals surface area contributed by atoms with E-state index in [4.69, 9.17) is 0 Å². The van der Waals surface area contributed by atoms with Crippen LogP contribution >= 0.6 is 15.9 Å². The van der Waals surface area contributed by atoms with Crippen LogP contribution in [0.5, 0.6) is 5.75 Å². The highest BCUT2D eigenvalue weighted by atomic mass is 79.9. The fourth-order valence-electron chi connectivity index (χ4n) is 3.67. The molecule has 1 aliphatic carbocycles. The molecule has 1 aromatic rings. The van der Waals surface area contributed by atoms with Crippen LogP contribution in [0.2, 0.25) is 0 Å². The van der Waals surface area contributed by atoms with Crippen LogP contribution in [0, 0.1) is 5.41 Å². The number of nitrogens with zero attached hydrogens (tertiary/aromatic N) is 1. The van der Waals surface area contributed by atoms with E-state index in [-0.39, 0.29) is 11.7 Å². The Balaban J connectivity index is 1.69. The number of benzene rings is 1. The molecule has 108 valence electrons. The van der Waals surface area contributed by atoms with Gasteiger partial charge in [0.15, 0.2) is 0 Å². The minimum absolute atomic E-state index is 0.0390. The van der Waals surface area contributed by atoms with Gasteiger partial charge in [0.1, 0.15) is 5.75 Å². The summed E-state index contributed by atoms with van der Waals surface area (Å²) in [6.07, 6.45) is 7.60. The number of hydrogen-bond donors (Lipinski definition) is 1. The Morgan fingerprint density at radius 3 is 2.40 bits per heavy atom. The Kier molecular flexibility index (Phi) is 3.76. The first kappa shape index (κ1) is 13.9. The average Bonchev–Trinajstić information content (AvgIpc) is 2.87. The maximum absolute atomic E-state index is 12.5. The van der Waals surface area contributed by atoms with Gasteiger partial charge in [-0.25, -0.2) is 0 Å². The van der Waals surface area contributed by atoms with Crippen molar-refractivity contribution in [2.75, 3.05) is 13.1 Å². The van der Waals surface area contributed by atoms with E-state index in [1.165, 1.54) is 25.7 Å². The van der Waals surface area contributed by atoms with Gasteiger partial charge in [-0.2, -0.15) is 0 Å². The molecule has 20 heavy (non-hydrogen) atoms.